The minimum atomic E-state index is -0.342. The van der Waals surface area contributed by atoms with Crippen LogP contribution in [0.5, 0.6) is 11.5 Å². The van der Waals surface area contributed by atoms with Crippen molar-refractivity contribution in [3.05, 3.63) is 240 Å². The zero-order chi connectivity index (χ0) is 50.9. The largest absolute Gasteiger partial charge is 0.457 e. The fourth-order valence-corrected chi connectivity index (χ4v) is 10.7. The molecule has 3 heterocycles. The van der Waals surface area contributed by atoms with Crippen LogP contribution in [0.15, 0.2) is 206 Å². The Labute approximate surface area is 432 Å². The van der Waals surface area contributed by atoms with Crippen molar-refractivity contribution in [1.29, 1.82) is 0 Å². The molecule has 0 radical (unpaired) electrons. The Balaban J connectivity index is 1.05. The van der Waals surface area contributed by atoms with Crippen molar-refractivity contribution in [3.63, 3.8) is 0 Å². The summed E-state index contributed by atoms with van der Waals surface area (Å²) in [5, 5.41) is 2.32. The monoisotopic (exact) mass is 955 g/mol. The molecule has 10 aromatic rings. The van der Waals surface area contributed by atoms with E-state index in [0.717, 1.165) is 50.7 Å². The smallest absolute Gasteiger partial charge is 0.137 e. The molecule has 73 heavy (non-hydrogen) atoms. The van der Waals surface area contributed by atoms with Crippen LogP contribution in [0.25, 0.3) is 38.8 Å². The number of ether oxygens (including phenoxy) is 1. The van der Waals surface area contributed by atoms with Crippen molar-refractivity contribution in [2.24, 2.45) is 0 Å². The second-order valence-corrected chi connectivity index (χ2v) is 23.1. The standard InChI is InChI=1S/C68H66N4O/c1-65(2,3)50-34-35-69-64(42-50)72-62-41-51(67(7,8)48-24-16-12-17-25-48)30-32-58(62)59-33-31-56(44-63(59)72)73-57-40-53(68(9,10)49-26-18-13-19-27-49)39-55(43-57)71-45-70(60-28-20-21-29-61(60)71)54-37-47(46-22-14-11-15-23-46)36-52(38-54)66(4,5)6/h11-44H,45H2,1-10H3. The van der Waals surface area contributed by atoms with Crippen LogP contribution in [0, 0.1) is 0 Å². The van der Waals surface area contributed by atoms with Crippen LogP contribution in [0.4, 0.5) is 22.7 Å². The Hall–Kier alpha value is -7.89. The first-order valence-electron chi connectivity index (χ1n) is 25.8. The van der Waals surface area contributed by atoms with Gasteiger partial charge >= 0.3 is 0 Å². The summed E-state index contributed by atoms with van der Waals surface area (Å²) < 4.78 is 9.54. The van der Waals surface area contributed by atoms with Gasteiger partial charge in [-0.2, -0.15) is 0 Å². The third-order valence-electron chi connectivity index (χ3n) is 15.4. The molecule has 1 aliphatic rings. The first-order chi connectivity index (χ1) is 34.9. The van der Waals surface area contributed by atoms with Crippen LogP contribution < -0.4 is 14.5 Å². The number of nitrogens with zero attached hydrogens (tertiary/aromatic N) is 4. The number of para-hydroxylation sites is 2. The van der Waals surface area contributed by atoms with Gasteiger partial charge in [0.25, 0.3) is 0 Å². The van der Waals surface area contributed by atoms with E-state index in [1.807, 2.05) is 6.20 Å². The van der Waals surface area contributed by atoms with Crippen LogP contribution in [0.2, 0.25) is 0 Å². The molecule has 1 aliphatic heterocycles. The van der Waals surface area contributed by atoms with Crippen molar-refractivity contribution < 1.29 is 4.74 Å². The van der Waals surface area contributed by atoms with Crippen molar-refractivity contribution in [2.75, 3.05) is 16.5 Å². The quantitative estimate of drug-likeness (QED) is 0.137. The predicted molar refractivity (Wildman–Crippen MR) is 307 cm³/mol. The van der Waals surface area contributed by atoms with E-state index in [2.05, 4.69) is 284 Å². The van der Waals surface area contributed by atoms with Crippen LogP contribution in [-0.2, 0) is 21.7 Å². The summed E-state index contributed by atoms with van der Waals surface area (Å²) in [6.07, 6.45) is 1.95. The summed E-state index contributed by atoms with van der Waals surface area (Å²) in [6.45, 7) is 23.6. The van der Waals surface area contributed by atoms with E-state index in [9.17, 15) is 0 Å². The third kappa shape index (κ3) is 8.86. The molecule has 0 unspecified atom stereocenters. The highest BCUT2D eigenvalue weighted by Gasteiger charge is 2.32. The molecular formula is C68H66N4O. The van der Waals surface area contributed by atoms with Crippen molar-refractivity contribution in [1.82, 2.24) is 9.55 Å². The van der Waals surface area contributed by atoms with E-state index < -0.39 is 0 Å². The van der Waals surface area contributed by atoms with Crippen molar-refractivity contribution in [3.8, 4) is 28.4 Å². The maximum absolute atomic E-state index is 7.20. The average molecular weight is 955 g/mol. The van der Waals surface area contributed by atoms with Crippen LogP contribution in [0.1, 0.15) is 103 Å². The summed E-state index contributed by atoms with van der Waals surface area (Å²) in [7, 11) is 0. The molecular weight excluding hydrogens is 889 g/mol. The van der Waals surface area contributed by atoms with Crippen molar-refractivity contribution in [2.45, 2.75) is 90.9 Å². The normalized spacial score (nSPS) is 13.2. The Bertz CT molecular complexity index is 3650. The molecule has 0 aliphatic carbocycles. The molecule has 0 amide bonds. The number of fused-ring (bicyclic) bond motifs is 4. The molecule has 0 spiro atoms. The lowest BCUT2D eigenvalue weighted by Crippen LogP contribution is -2.25. The van der Waals surface area contributed by atoms with Gasteiger partial charge in [-0.1, -0.05) is 191 Å². The number of hydrogen-bond donors (Lipinski definition) is 0. The number of rotatable bonds is 10. The Kier molecular flexibility index (Phi) is 11.7. The second-order valence-electron chi connectivity index (χ2n) is 23.1. The van der Waals surface area contributed by atoms with Gasteiger partial charge in [-0.3, -0.25) is 4.57 Å². The highest BCUT2D eigenvalue weighted by Crippen LogP contribution is 2.48. The van der Waals surface area contributed by atoms with E-state index >= 15 is 0 Å². The zero-order valence-electron chi connectivity index (χ0n) is 44.0. The van der Waals surface area contributed by atoms with Gasteiger partial charge in [-0.15, -0.1) is 0 Å². The molecule has 0 N–H and O–H groups in total. The minimum absolute atomic E-state index is 0.0470. The van der Waals surface area contributed by atoms with E-state index in [4.69, 9.17) is 9.72 Å². The fourth-order valence-electron chi connectivity index (χ4n) is 10.7. The summed E-state index contributed by atoms with van der Waals surface area (Å²) in [5.41, 5.74) is 15.9. The lowest BCUT2D eigenvalue weighted by molar-refractivity contribution is 0.480. The molecule has 0 bridgehead atoms. The Morgan fingerprint density at radius 3 is 1.53 bits per heavy atom. The third-order valence-corrected chi connectivity index (χ3v) is 15.4. The van der Waals surface area contributed by atoms with Gasteiger partial charge in [-0.25, -0.2) is 4.98 Å². The molecule has 0 fully saturated rings. The highest BCUT2D eigenvalue weighted by molar-refractivity contribution is 6.10. The highest BCUT2D eigenvalue weighted by atomic mass is 16.5. The van der Waals surface area contributed by atoms with Gasteiger partial charge in [0.05, 0.1) is 22.4 Å². The van der Waals surface area contributed by atoms with Gasteiger partial charge in [0.2, 0.25) is 0 Å². The van der Waals surface area contributed by atoms with Crippen LogP contribution >= 0.6 is 0 Å². The summed E-state index contributed by atoms with van der Waals surface area (Å²) in [4.78, 5) is 9.99. The maximum Gasteiger partial charge on any atom is 0.137 e. The lowest BCUT2D eigenvalue weighted by atomic mass is 9.78. The molecule has 364 valence electrons. The maximum atomic E-state index is 7.20. The topological polar surface area (TPSA) is 33.5 Å². The van der Waals surface area contributed by atoms with Crippen LogP contribution in [-0.4, -0.2) is 16.2 Å². The Morgan fingerprint density at radius 1 is 0.384 bits per heavy atom. The van der Waals surface area contributed by atoms with Gasteiger partial charge in [0.15, 0.2) is 0 Å². The molecule has 0 atom stereocenters. The van der Waals surface area contributed by atoms with Gasteiger partial charge in [0.1, 0.15) is 24.0 Å². The number of benzene rings is 8. The molecule has 2 aromatic heterocycles. The van der Waals surface area contributed by atoms with Gasteiger partial charge in [-0.05, 0) is 122 Å². The number of pyridine rings is 1. The van der Waals surface area contributed by atoms with E-state index in [1.54, 1.807) is 0 Å². The summed E-state index contributed by atoms with van der Waals surface area (Å²) >= 11 is 0. The fraction of sp³-hybridized carbons (Fsp3) is 0.221. The van der Waals surface area contributed by atoms with Gasteiger partial charge in [0, 0.05) is 51.3 Å². The molecule has 0 saturated heterocycles. The van der Waals surface area contributed by atoms with Crippen LogP contribution in [0.3, 0.4) is 0 Å². The minimum Gasteiger partial charge on any atom is -0.457 e. The number of anilines is 4. The number of aromatic nitrogens is 2. The molecule has 11 rings (SSSR count). The summed E-state index contributed by atoms with van der Waals surface area (Å²) in [5.74, 6) is 2.41. The van der Waals surface area contributed by atoms with E-state index in [1.165, 1.54) is 55.7 Å². The molecule has 8 aromatic carbocycles. The SMILES string of the molecule is CC(C)(C)c1cc(-c2ccccc2)cc(N2CN(c3cc(Oc4ccc5c6ccc(C(C)(C)c7ccccc7)cc6n(-c6cc(C(C)(C)C)ccn6)c5c4)cc(C(C)(C)c4ccccc4)c3)c3ccccc32)c1. The van der Waals surface area contributed by atoms with Gasteiger partial charge < -0.3 is 14.5 Å². The lowest BCUT2D eigenvalue weighted by Gasteiger charge is -2.29. The molecule has 0 saturated carbocycles. The zero-order valence-corrected chi connectivity index (χ0v) is 44.0. The van der Waals surface area contributed by atoms with E-state index in [-0.39, 0.29) is 21.7 Å². The molecule has 5 nitrogen and oxygen atoms in total. The average Bonchev–Trinajstić information content (AvgIpc) is 3.94. The predicted octanol–water partition coefficient (Wildman–Crippen LogP) is 18.1. The number of hydrogen-bond acceptors (Lipinski definition) is 4. The first kappa shape index (κ1) is 47.4. The molecule has 5 heteroatoms. The first-order valence-corrected chi connectivity index (χ1v) is 25.8. The Morgan fingerprint density at radius 2 is 0.918 bits per heavy atom. The van der Waals surface area contributed by atoms with Crippen molar-refractivity contribution >= 4 is 44.6 Å². The second kappa shape index (κ2) is 18.0. The summed E-state index contributed by atoms with van der Waals surface area (Å²) in [6, 6.07) is 73.0. The van der Waals surface area contributed by atoms with E-state index in [0.29, 0.717) is 6.67 Å².